The Morgan fingerprint density at radius 1 is 1.27 bits per heavy atom. The van der Waals surface area contributed by atoms with Gasteiger partial charge in [0, 0.05) is 19.2 Å². The Balaban J connectivity index is 2.02. The number of nitrogens with zero attached hydrogens (tertiary/aromatic N) is 1. The summed E-state index contributed by atoms with van der Waals surface area (Å²) in [6.07, 6.45) is 3.91. The van der Waals surface area contributed by atoms with Crippen LogP contribution in [0.4, 0.5) is 8.78 Å². The van der Waals surface area contributed by atoms with Gasteiger partial charge >= 0.3 is 5.76 Å². The topological polar surface area (TPSA) is 57.6 Å². The molecule has 4 nitrogen and oxygen atoms in total. The molecule has 124 valence electrons. The van der Waals surface area contributed by atoms with Crippen LogP contribution < -0.4 is 0 Å². The molecule has 0 saturated carbocycles. The van der Waals surface area contributed by atoms with Crippen molar-refractivity contribution in [2.24, 2.45) is 0 Å². The lowest BCUT2D eigenvalue weighted by molar-refractivity contribution is 0.210. The number of aliphatic hydroxyl groups is 1. The van der Waals surface area contributed by atoms with Crippen LogP contribution in [0, 0.1) is 0 Å². The quantitative estimate of drug-likeness (QED) is 0.832. The van der Waals surface area contributed by atoms with Crippen molar-refractivity contribution in [3.63, 3.8) is 0 Å². The monoisotopic (exact) mass is 333 g/mol. The maximum absolute atomic E-state index is 12.5. The SMILES string of the molecule is O=S(=O)(c1ccc(CN2CCCC2CCCO)cc1)C(F)F. The van der Waals surface area contributed by atoms with Crippen molar-refractivity contribution in [2.75, 3.05) is 13.2 Å². The van der Waals surface area contributed by atoms with Gasteiger partial charge in [0.1, 0.15) is 0 Å². The van der Waals surface area contributed by atoms with Crippen molar-refractivity contribution in [1.29, 1.82) is 0 Å². The highest BCUT2D eigenvalue weighted by Crippen LogP contribution is 2.24. The maximum Gasteiger partial charge on any atom is 0.341 e. The fourth-order valence-electron chi connectivity index (χ4n) is 2.88. The standard InChI is InChI=1S/C15H21F2NO3S/c16-15(17)22(20,21)14-7-5-12(6-8-14)11-18-9-1-3-13(18)4-2-10-19/h5-8,13,15,19H,1-4,9-11H2. The van der Waals surface area contributed by atoms with Crippen LogP contribution in [-0.4, -0.2) is 43.4 Å². The molecule has 2 rings (SSSR count). The molecular formula is C15H21F2NO3S. The first-order chi connectivity index (χ1) is 10.4. The third-order valence-corrected chi connectivity index (χ3v) is 5.47. The number of alkyl halides is 2. The Morgan fingerprint density at radius 3 is 2.55 bits per heavy atom. The van der Waals surface area contributed by atoms with Crippen LogP contribution in [0.1, 0.15) is 31.2 Å². The van der Waals surface area contributed by atoms with Crippen LogP contribution in [0.3, 0.4) is 0 Å². The van der Waals surface area contributed by atoms with E-state index in [1.807, 2.05) is 0 Å². The largest absolute Gasteiger partial charge is 0.396 e. The number of rotatable bonds is 7. The highest BCUT2D eigenvalue weighted by molar-refractivity contribution is 7.91. The number of aliphatic hydroxyl groups excluding tert-OH is 1. The summed E-state index contributed by atoms with van der Waals surface area (Å²) < 4.78 is 47.7. The molecule has 0 aromatic heterocycles. The Bertz CT molecular complexity index is 575. The van der Waals surface area contributed by atoms with Gasteiger partial charge in [-0.15, -0.1) is 0 Å². The molecule has 0 aliphatic carbocycles. The van der Waals surface area contributed by atoms with Crippen LogP contribution in [0.25, 0.3) is 0 Å². The van der Waals surface area contributed by atoms with Gasteiger partial charge < -0.3 is 5.11 Å². The van der Waals surface area contributed by atoms with E-state index < -0.39 is 15.6 Å². The van der Waals surface area contributed by atoms with E-state index in [0.717, 1.165) is 37.8 Å². The second-order valence-corrected chi connectivity index (χ2v) is 7.50. The van der Waals surface area contributed by atoms with E-state index in [0.29, 0.717) is 12.6 Å². The molecule has 0 spiro atoms. The zero-order valence-corrected chi connectivity index (χ0v) is 13.1. The summed E-state index contributed by atoms with van der Waals surface area (Å²) in [5.41, 5.74) is 0.907. The molecule has 1 N–H and O–H groups in total. The van der Waals surface area contributed by atoms with Gasteiger partial charge in [-0.05, 0) is 49.9 Å². The molecule has 7 heteroatoms. The molecule has 1 aliphatic heterocycles. The van der Waals surface area contributed by atoms with Gasteiger partial charge in [0.25, 0.3) is 0 Å². The molecule has 1 heterocycles. The third-order valence-electron chi connectivity index (χ3n) is 4.07. The predicted octanol–water partition coefficient (Wildman–Crippen LogP) is 2.42. The van der Waals surface area contributed by atoms with E-state index in [1.165, 1.54) is 12.1 Å². The Labute approximate surface area is 129 Å². The van der Waals surface area contributed by atoms with Gasteiger partial charge in [-0.2, -0.15) is 8.78 Å². The van der Waals surface area contributed by atoms with Gasteiger partial charge in [0.05, 0.1) is 4.90 Å². The lowest BCUT2D eigenvalue weighted by Crippen LogP contribution is -2.29. The number of hydrogen-bond donors (Lipinski definition) is 1. The second-order valence-electron chi connectivity index (χ2n) is 5.58. The van der Waals surface area contributed by atoms with Crippen molar-refractivity contribution >= 4 is 9.84 Å². The first-order valence-corrected chi connectivity index (χ1v) is 8.95. The van der Waals surface area contributed by atoms with Crippen LogP contribution in [-0.2, 0) is 16.4 Å². The van der Waals surface area contributed by atoms with E-state index in [9.17, 15) is 17.2 Å². The fourth-order valence-corrected chi connectivity index (χ4v) is 3.60. The highest BCUT2D eigenvalue weighted by atomic mass is 32.2. The smallest absolute Gasteiger partial charge is 0.341 e. The molecule has 1 aliphatic rings. The Hall–Kier alpha value is -1.05. The maximum atomic E-state index is 12.5. The zero-order valence-electron chi connectivity index (χ0n) is 12.3. The van der Waals surface area contributed by atoms with Gasteiger partial charge in [0.2, 0.25) is 9.84 Å². The van der Waals surface area contributed by atoms with Gasteiger partial charge in [-0.3, -0.25) is 4.90 Å². The molecule has 0 amide bonds. The second kappa shape index (κ2) is 7.48. The molecule has 1 saturated heterocycles. The molecule has 1 fully saturated rings. The van der Waals surface area contributed by atoms with Crippen molar-refractivity contribution < 1.29 is 22.3 Å². The molecule has 22 heavy (non-hydrogen) atoms. The molecule has 1 atom stereocenters. The summed E-state index contributed by atoms with van der Waals surface area (Å²) in [4.78, 5) is 1.95. The number of halogens is 2. The molecule has 1 unspecified atom stereocenters. The number of likely N-dealkylation sites (tertiary alicyclic amines) is 1. The third kappa shape index (κ3) is 4.02. The first kappa shape index (κ1) is 17.3. The van der Waals surface area contributed by atoms with Crippen molar-refractivity contribution in [1.82, 2.24) is 4.90 Å². The minimum Gasteiger partial charge on any atom is -0.396 e. The minimum atomic E-state index is -4.52. The summed E-state index contributed by atoms with van der Waals surface area (Å²) in [6, 6.07) is 6.11. The summed E-state index contributed by atoms with van der Waals surface area (Å²) in [5.74, 6) is -3.39. The van der Waals surface area contributed by atoms with Gasteiger partial charge in [-0.25, -0.2) is 8.42 Å². The summed E-state index contributed by atoms with van der Waals surface area (Å²) in [7, 11) is -4.52. The molecular weight excluding hydrogens is 312 g/mol. The molecule has 0 bridgehead atoms. The Morgan fingerprint density at radius 2 is 1.95 bits per heavy atom. The van der Waals surface area contributed by atoms with Crippen molar-refractivity contribution in [3.8, 4) is 0 Å². The summed E-state index contributed by atoms with van der Waals surface area (Å²) in [5, 5.41) is 8.92. The summed E-state index contributed by atoms with van der Waals surface area (Å²) in [6.45, 7) is 1.82. The lowest BCUT2D eigenvalue weighted by Gasteiger charge is -2.24. The van der Waals surface area contributed by atoms with Crippen LogP contribution in [0.15, 0.2) is 29.2 Å². The van der Waals surface area contributed by atoms with E-state index in [2.05, 4.69) is 4.90 Å². The van der Waals surface area contributed by atoms with Crippen molar-refractivity contribution in [2.45, 2.75) is 48.9 Å². The average Bonchev–Trinajstić information content (AvgIpc) is 2.92. The molecule has 1 aromatic carbocycles. The first-order valence-electron chi connectivity index (χ1n) is 7.41. The average molecular weight is 333 g/mol. The van der Waals surface area contributed by atoms with Crippen LogP contribution in [0.2, 0.25) is 0 Å². The predicted molar refractivity (Wildman–Crippen MR) is 79.4 cm³/mol. The van der Waals surface area contributed by atoms with E-state index in [-0.39, 0.29) is 11.5 Å². The lowest BCUT2D eigenvalue weighted by atomic mass is 10.1. The molecule has 1 aromatic rings. The number of hydrogen-bond acceptors (Lipinski definition) is 4. The summed E-state index contributed by atoms with van der Waals surface area (Å²) >= 11 is 0. The van der Waals surface area contributed by atoms with Crippen LogP contribution >= 0.6 is 0 Å². The number of benzene rings is 1. The van der Waals surface area contributed by atoms with E-state index in [1.54, 1.807) is 12.1 Å². The van der Waals surface area contributed by atoms with E-state index >= 15 is 0 Å². The minimum absolute atomic E-state index is 0.185. The fraction of sp³-hybridized carbons (Fsp3) is 0.600. The normalized spacial score (nSPS) is 19.9. The Kier molecular flexibility index (Phi) is 5.88. The molecule has 0 radical (unpaired) electrons. The number of sulfone groups is 1. The van der Waals surface area contributed by atoms with E-state index in [4.69, 9.17) is 5.11 Å². The van der Waals surface area contributed by atoms with Crippen molar-refractivity contribution in [3.05, 3.63) is 29.8 Å². The van der Waals surface area contributed by atoms with Crippen LogP contribution in [0.5, 0.6) is 0 Å². The zero-order chi connectivity index (χ0) is 16.2. The van der Waals surface area contributed by atoms with Gasteiger partial charge in [-0.1, -0.05) is 12.1 Å². The highest BCUT2D eigenvalue weighted by Gasteiger charge is 2.27. The van der Waals surface area contributed by atoms with Gasteiger partial charge in [0.15, 0.2) is 0 Å².